The van der Waals surface area contributed by atoms with E-state index in [1.54, 1.807) is 6.07 Å². The second-order valence-electron chi connectivity index (χ2n) is 4.34. The van der Waals surface area contributed by atoms with Crippen molar-refractivity contribution >= 4 is 6.29 Å². The molecule has 0 aromatic heterocycles. The Kier molecular flexibility index (Phi) is 4.12. The summed E-state index contributed by atoms with van der Waals surface area (Å²) < 4.78 is 0. The molecule has 1 aromatic rings. The van der Waals surface area contributed by atoms with Crippen molar-refractivity contribution in [1.82, 2.24) is 10.2 Å². The molecular weight excluding hydrogens is 216 g/mol. The molecule has 0 aliphatic carbocycles. The zero-order chi connectivity index (χ0) is 12.1. The standard InChI is InChI=1S/C13H18N2O2/c16-10-12-9-13(17)2-1-11(12)3-6-15-7-4-14-5-8-15/h1-2,9-10,14,17H,3-8H2. The van der Waals surface area contributed by atoms with E-state index in [0.717, 1.165) is 51.0 Å². The Balaban J connectivity index is 1.95. The van der Waals surface area contributed by atoms with Crippen LogP contribution in [-0.2, 0) is 6.42 Å². The highest BCUT2D eigenvalue weighted by molar-refractivity contribution is 5.78. The predicted molar refractivity (Wildman–Crippen MR) is 66.5 cm³/mol. The van der Waals surface area contributed by atoms with Crippen molar-refractivity contribution in [1.29, 1.82) is 0 Å². The molecule has 0 saturated carbocycles. The Morgan fingerprint density at radius 3 is 2.82 bits per heavy atom. The summed E-state index contributed by atoms with van der Waals surface area (Å²) in [5.74, 6) is 0.151. The van der Waals surface area contributed by atoms with Gasteiger partial charge in [0.2, 0.25) is 0 Å². The van der Waals surface area contributed by atoms with Crippen molar-refractivity contribution in [3.63, 3.8) is 0 Å². The molecule has 92 valence electrons. The molecule has 1 aliphatic rings. The van der Waals surface area contributed by atoms with Gasteiger partial charge in [-0.2, -0.15) is 0 Å². The molecule has 0 spiro atoms. The first-order valence-electron chi connectivity index (χ1n) is 6.00. The Morgan fingerprint density at radius 2 is 2.12 bits per heavy atom. The van der Waals surface area contributed by atoms with Crippen LogP contribution in [0.25, 0.3) is 0 Å². The number of aromatic hydroxyl groups is 1. The first kappa shape index (κ1) is 12.1. The fraction of sp³-hybridized carbons (Fsp3) is 0.462. The lowest BCUT2D eigenvalue weighted by Crippen LogP contribution is -2.44. The maximum atomic E-state index is 10.9. The van der Waals surface area contributed by atoms with Gasteiger partial charge in [0.1, 0.15) is 12.0 Å². The minimum absolute atomic E-state index is 0.151. The van der Waals surface area contributed by atoms with E-state index in [2.05, 4.69) is 10.2 Å². The summed E-state index contributed by atoms with van der Waals surface area (Å²) in [5.41, 5.74) is 1.61. The first-order chi connectivity index (χ1) is 8.29. The fourth-order valence-corrected chi connectivity index (χ4v) is 2.13. The number of hydrogen-bond acceptors (Lipinski definition) is 4. The molecular formula is C13H18N2O2. The Hall–Kier alpha value is -1.39. The molecule has 1 fully saturated rings. The number of aldehydes is 1. The number of hydrogen-bond donors (Lipinski definition) is 2. The molecule has 0 bridgehead atoms. The highest BCUT2D eigenvalue weighted by Crippen LogP contribution is 2.16. The maximum absolute atomic E-state index is 10.9. The van der Waals surface area contributed by atoms with Crippen molar-refractivity contribution in [2.45, 2.75) is 6.42 Å². The lowest BCUT2D eigenvalue weighted by atomic mass is 10.0. The average molecular weight is 234 g/mol. The molecule has 0 atom stereocenters. The van der Waals surface area contributed by atoms with Crippen LogP contribution in [0.4, 0.5) is 0 Å². The zero-order valence-electron chi connectivity index (χ0n) is 9.85. The van der Waals surface area contributed by atoms with E-state index < -0.39 is 0 Å². The molecule has 1 aromatic carbocycles. The smallest absolute Gasteiger partial charge is 0.150 e. The minimum Gasteiger partial charge on any atom is -0.508 e. The molecule has 1 heterocycles. The monoisotopic (exact) mass is 234 g/mol. The van der Waals surface area contributed by atoms with Gasteiger partial charge in [-0.3, -0.25) is 4.79 Å². The summed E-state index contributed by atoms with van der Waals surface area (Å²) in [5, 5.41) is 12.6. The Bertz CT molecular complexity index is 387. The van der Waals surface area contributed by atoms with Gasteiger partial charge in [0.15, 0.2) is 0 Å². The number of carbonyl (C=O) groups is 1. The van der Waals surface area contributed by atoms with Crippen molar-refractivity contribution < 1.29 is 9.90 Å². The predicted octanol–water partition coefficient (Wildman–Crippen LogP) is 0.652. The summed E-state index contributed by atoms with van der Waals surface area (Å²) in [6.45, 7) is 5.17. The van der Waals surface area contributed by atoms with Crippen molar-refractivity contribution in [2.75, 3.05) is 32.7 Å². The van der Waals surface area contributed by atoms with E-state index in [-0.39, 0.29) is 5.75 Å². The van der Waals surface area contributed by atoms with E-state index in [9.17, 15) is 9.90 Å². The zero-order valence-corrected chi connectivity index (χ0v) is 9.85. The van der Waals surface area contributed by atoms with E-state index in [1.807, 2.05) is 6.07 Å². The summed E-state index contributed by atoms with van der Waals surface area (Å²) in [7, 11) is 0. The minimum atomic E-state index is 0.151. The van der Waals surface area contributed by atoms with E-state index in [0.29, 0.717) is 5.56 Å². The van der Waals surface area contributed by atoms with Gasteiger partial charge in [0.25, 0.3) is 0 Å². The van der Waals surface area contributed by atoms with Crippen LogP contribution in [0.2, 0.25) is 0 Å². The van der Waals surface area contributed by atoms with Crippen molar-refractivity contribution in [2.24, 2.45) is 0 Å². The first-order valence-corrected chi connectivity index (χ1v) is 6.00. The lowest BCUT2D eigenvalue weighted by molar-refractivity contribution is 0.112. The maximum Gasteiger partial charge on any atom is 0.150 e. The van der Waals surface area contributed by atoms with Crippen LogP contribution < -0.4 is 5.32 Å². The third-order valence-electron chi connectivity index (χ3n) is 3.16. The molecule has 2 rings (SSSR count). The number of phenols is 1. The van der Waals surface area contributed by atoms with Gasteiger partial charge in [-0.15, -0.1) is 0 Å². The van der Waals surface area contributed by atoms with Gasteiger partial charge >= 0.3 is 0 Å². The number of nitrogens with zero attached hydrogens (tertiary/aromatic N) is 1. The van der Waals surface area contributed by atoms with Gasteiger partial charge in [-0.05, 0) is 24.1 Å². The lowest BCUT2D eigenvalue weighted by Gasteiger charge is -2.27. The second kappa shape index (κ2) is 5.80. The van der Waals surface area contributed by atoms with E-state index >= 15 is 0 Å². The quantitative estimate of drug-likeness (QED) is 0.751. The third kappa shape index (κ3) is 3.28. The molecule has 4 nitrogen and oxygen atoms in total. The highest BCUT2D eigenvalue weighted by Gasteiger charge is 2.10. The number of rotatable bonds is 4. The molecule has 0 unspecified atom stereocenters. The molecule has 17 heavy (non-hydrogen) atoms. The Labute approximate surface area is 101 Å². The van der Waals surface area contributed by atoms with E-state index in [4.69, 9.17) is 0 Å². The number of nitrogens with one attached hydrogen (secondary N) is 1. The van der Waals surface area contributed by atoms with Gasteiger partial charge in [-0.25, -0.2) is 0 Å². The molecule has 1 aliphatic heterocycles. The molecule has 4 heteroatoms. The third-order valence-corrected chi connectivity index (χ3v) is 3.16. The summed E-state index contributed by atoms with van der Waals surface area (Å²) in [4.78, 5) is 13.3. The number of piperazine rings is 1. The van der Waals surface area contributed by atoms with Crippen molar-refractivity contribution in [3.05, 3.63) is 29.3 Å². The number of benzene rings is 1. The summed E-state index contributed by atoms with van der Waals surface area (Å²) in [6, 6.07) is 5.00. The van der Waals surface area contributed by atoms with Crippen LogP contribution in [0.3, 0.4) is 0 Å². The SMILES string of the molecule is O=Cc1cc(O)ccc1CCN1CCNCC1. The second-order valence-corrected chi connectivity index (χ2v) is 4.34. The largest absolute Gasteiger partial charge is 0.508 e. The van der Waals surface area contributed by atoms with Gasteiger partial charge in [0, 0.05) is 38.3 Å². The van der Waals surface area contributed by atoms with E-state index in [1.165, 1.54) is 6.07 Å². The average Bonchev–Trinajstić information content (AvgIpc) is 2.38. The summed E-state index contributed by atoms with van der Waals surface area (Å²) >= 11 is 0. The van der Waals surface area contributed by atoms with Gasteiger partial charge in [-0.1, -0.05) is 6.07 Å². The molecule has 0 amide bonds. The van der Waals surface area contributed by atoms with Crippen LogP contribution in [0, 0.1) is 0 Å². The van der Waals surface area contributed by atoms with Gasteiger partial charge in [0.05, 0.1) is 0 Å². The number of carbonyl (C=O) groups excluding carboxylic acids is 1. The molecule has 0 radical (unpaired) electrons. The van der Waals surface area contributed by atoms with Gasteiger partial charge < -0.3 is 15.3 Å². The normalized spacial score (nSPS) is 16.9. The summed E-state index contributed by atoms with van der Waals surface area (Å²) in [6.07, 6.45) is 1.67. The van der Waals surface area contributed by atoms with Crippen LogP contribution in [0.1, 0.15) is 15.9 Å². The Morgan fingerprint density at radius 1 is 1.35 bits per heavy atom. The molecule has 2 N–H and O–H groups in total. The van der Waals surface area contributed by atoms with Crippen molar-refractivity contribution in [3.8, 4) is 5.75 Å². The van der Waals surface area contributed by atoms with Crippen LogP contribution in [0.15, 0.2) is 18.2 Å². The molecule has 1 saturated heterocycles. The highest BCUT2D eigenvalue weighted by atomic mass is 16.3. The fourth-order valence-electron chi connectivity index (χ4n) is 2.13. The van der Waals surface area contributed by atoms with Crippen LogP contribution in [0.5, 0.6) is 5.75 Å². The van der Waals surface area contributed by atoms with Crippen LogP contribution >= 0.6 is 0 Å². The van der Waals surface area contributed by atoms with Crippen LogP contribution in [-0.4, -0.2) is 49.0 Å². The number of phenolic OH excluding ortho intramolecular Hbond substituents is 1. The topological polar surface area (TPSA) is 52.6 Å².